The molecule has 4 nitrogen and oxygen atoms in total. The van der Waals surface area contributed by atoms with Crippen LogP contribution in [0.1, 0.15) is 25.0 Å². The Morgan fingerprint density at radius 2 is 2.00 bits per heavy atom. The van der Waals surface area contributed by atoms with Crippen molar-refractivity contribution in [1.82, 2.24) is 5.32 Å². The summed E-state index contributed by atoms with van der Waals surface area (Å²) in [6.45, 7) is 4.23. The summed E-state index contributed by atoms with van der Waals surface area (Å²) in [7, 11) is 0. The third kappa shape index (κ3) is 4.17. The molecule has 0 saturated carbocycles. The number of aliphatic hydroxyl groups is 1. The molecule has 1 aromatic rings. The zero-order chi connectivity index (χ0) is 12.8. The molecule has 0 amide bonds. The van der Waals surface area contributed by atoms with E-state index in [4.69, 9.17) is 10.2 Å². The van der Waals surface area contributed by atoms with E-state index in [0.717, 1.165) is 11.1 Å². The number of hydrogen-bond donors (Lipinski definition) is 3. The molecule has 0 saturated heterocycles. The van der Waals surface area contributed by atoms with Gasteiger partial charge in [-0.15, -0.1) is 0 Å². The molecule has 17 heavy (non-hydrogen) atoms. The van der Waals surface area contributed by atoms with E-state index in [1.807, 2.05) is 38.1 Å². The van der Waals surface area contributed by atoms with E-state index in [-0.39, 0.29) is 12.5 Å². The van der Waals surface area contributed by atoms with Gasteiger partial charge in [0.2, 0.25) is 0 Å². The van der Waals surface area contributed by atoms with Crippen LogP contribution in [0, 0.1) is 5.92 Å². The fourth-order valence-electron chi connectivity index (χ4n) is 1.67. The van der Waals surface area contributed by atoms with Crippen molar-refractivity contribution in [3.05, 3.63) is 35.4 Å². The zero-order valence-electron chi connectivity index (χ0n) is 10.2. The van der Waals surface area contributed by atoms with Gasteiger partial charge in [0.05, 0.1) is 6.61 Å². The first-order valence-corrected chi connectivity index (χ1v) is 5.69. The van der Waals surface area contributed by atoms with Gasteiger partial charge in [-0.3, -0.25) is 4.79 Å². The van der Waals surface area contributed by atoms with Crippen molar-refractivity contribution in [2.45, 2.75) is 33.0 Å². The van der Waals surface area contributed by atoms with Crippen molar-refractivity contribution in [1.29, 1.82) is 0 Å². The Morgan fingerprint density at radius 1 is 1.35 bits per heavy atom. The predicted octanol–water partition coefficient (Wildman–Crippen LogP) is 1.38. The Hall–Kier alpha value is -1.39. The lowest BCUT2D eigenvalue weighted by atomic mass is 10.0. The van der Waals surface area contributed by atoms with E-state index in [9.17, 15) is 4.79 Å². The van der Waals surface area contributed by atoms with E-state index in [2.05, 4.69) is 5.32 Å². The third-order valence-electron chi connectivity index (χ3n) is 2.63. The van der Waals surface area contributed by atoms with Crippen molar-refractivity contribution in [3.63, 3.8) is 0 Å². The van der Waals surface area contributed by atoms with Crippen LogP contribution in [0.4, 0.5) is 0 Å². The van der Waals surface area contributed by atoms with Gasteiger partial charge in [0.15, 0.2) is 0 Å². The van der Waals surface area contributed by atoms with Crippen LogP contribution >= 0.6 is 0 Å². The molecule has 1 aromatic carbocycles. The van der Waals surface area contributed by atoms with Crippen molar-refractivity contribution in [3.8, 4) is 0 Å². The topological polar surface area (TPSA) is 69.6 Å². The second-order valence-corrected chi connectivity index (χ2v) is 4.42. The number of carboxylic acid groups (broad SMARTS) is 1. The Balaban J connectivity index is 2.62. The standard InChI is InChI=1S/C13H19NO3/c1-9(2)12(13(16)17)14-7-10-4-3-5-11(6-10)8-15/h3-6,9,12,14-15H,7-8H2,1-2H3,(H,16,17). The number of benzene rings is 1. The van der Waals surface area contributed by atoms with Crippen molar-refractivity contribution in [2.75, 3.05) is 0 Å². The summed E-state index contributed by atoms with van der Waals surface area (Å²) in [6, 6.07) is 6.92. The summed E-state index contributed by atoms with van der Waals surface area (Å²) in [4.78, 5) is 11.0. The normalized spacial score (nSPS) is 12.7. The van der Waals surface area contributed by atoms with Gasteiger partial charge in [-0.1, -0.05) is 38.1 Å². The van der Waals surface area contributed by atoms with Gasteiger partial charge in [-0.05, 0) is 17.0 Å². The molecule has 0 heterocycles. The number of carboxylic acids is 1. The van der Waals surface area contributed by atoms with E-state index in [1.165, 1.54) is 0 Å². The van der Waals surface area contributed by atoms with Crippen LogP contribution in [0.2, 0.25) is 0 Å². The Bertz CT molecular complexity index is 377. The van der Waals surface area contributed by atoms with Gasteiger partial charge in [0, 0.05) is 6.54 Å². The van der Waals surface area contributed by atoms with Gasteiger partial charge in [-0.2, -0.15) is 0 Å². The lowest BCUT2D eigenvalue weighted by Gasteiger charge is -2.18. The molecule has 0 aliphatic rings. The molecule has 0 radical (unpaired) electrons. The van der Waals surface area contributed by atoms with Crippen LogP contribution < -0.4 is 5.32 Å². The maximum absolute atomic E-state index is 11.0. The minimum atomic E-state index is -0.835. The van der Waals surface area contributed by atoms with Crippen molar-refractivity contribution in [2.24, 2.45) is 5.92 Å². The van der Waals surface area contributed by atoms with Crippen LogP contribution in [-0.2, 0) is 17.9 Å². The van der Waals surface area contributed by atoms with Crippen LogP contribution in [0.5, 0.6) is 0 Å². The first kappa shape index (κ1) is 13.7. The van der Waals surface area contributed by atoms with E-state index in [0.29, 0.717) is 6.54 Å². The Labute approximate surface area is 101 Å². The molecule has 94 valence electrons. The van der Waals surface area contributed by atoms with E-state index >= 15 is 0 Å². The van der Waals surface area contributed by atoms with Gasteiger partial charge in [0.1, 0.15) is 6.04 Å². The maximum atomic E-state index is 11.0. The fourth-order valence-corrected chi connectivity index (χ4v) is 1.67. The molecular formula is C13H19NO3. The fraction of sp³-hybridized carbons (Fsp3) is 0.462. The van der Waals surface area contributed by atoms with Crippen LogP contribution in [0.25, 0.3) is 0 Å². The SMILES string of the molecule is CC(C)C(NCc1cccc(CO)c1)C(=O)O. The summed E-state index contributed by atoms with van der Waals surface area (Å²) in [5.74, 6) is -0.799. The smallest absolute Gasteiger partial charge is 0.320 e. The summed E-state index contributed by atoms with van der Waals surface area (Å²) in [5.41, 5.74) is 1.81. The number of aliphatic carboxylic acids is 1. The maximum Gasteiger partial charge on any atom is 0.320 e. The highest BCUT2D eigenvalue weighted by Crippen LogP contribution is 2.07. The Morgan fingerprint density at radius 3 is 2.53 bits per heavy atom. The van der Waals surface area contributed by atoms with Gasteiger partial charge in [0.25, 0.3) is 0 Å². The number of carbonyl (C=O) groups is 1. The Kier molecular flexibility index (Phi) is 5.12. The molecule has 1 atom stereocenters. The van der Waals surface area contributed by atoms with E-state index in [1.54, 1.807) is 0 Å². The number of hydrogen-bond acceptors (Lipinski definition) is 3. The number of aliphatic hydroxyl groups excluding tert-OH is 1. The quantitative estimate of drug-likeness (QED) is 0.699. The molecule has 0 aliphatic heterocycles. The van der Waals surface area contributed by atoms with Crippen molar-refractivity contribution >= 4 is 5.97 Å². The average Bonchev–Trinajstić information content (AvgIpc) is 2.28. The largest absolute Gasteiger partial charge is 0.480 e. The third-order valence-corrected chi connectivity index (χ3v) is 2.63. The van der Waals surface area contributed by atoms with Crippen LogP contribution in [-0.4, -0.2) is 22.2 Å². The second kappa shape index (κ2) is 6.37. The highest BCUT2D eigenvalue weighted by atomic mass is 16.4. The summed E-state index contributed by atoms with van der Waals surface area (Å²) < 4.78 is 0. The molecule has 0 aliphatic carbocycles. The molecule has 0 aromatic heterocycles. The average molecular weight is 237 g/mol. The van der Waals surface area contributed by atoms with Crippen LogP contribution in [0.3, 0.4) is 0 Å². The van der Waals surface area contributed by atoms with Gasteiger partial charge < -0.3 is 15.5 Å². The molecule has 0 spiro atoms. The zero-order valence-corrected chi connectivity index (χ0v) is 10.2. The molecule has 1 unspecified atom stereocenters. The second-order valence-electron chi connectivity index (χ2n) is 4.42. The molecule has 0 fully saturated rings. The molecule has 3 N–H and O–H groups in total. The molecule has 1 rings (SSSR count). The van der Waals surface area contributed by atoms with Gasteiger partial charge in [-0.25, -0.2) is 0 Å². The first-order chi connectivity index (χ1) is 8.04. The van der Waals surface area contributed by atoms with Crippen LogP contribution in [0.15, 0.2) is 24.3 Å². The molecular weight excluding hydrogens is 218 g/mol. The lowest BCUT2D eigenvalue weighted by Crippen LogP contribution is -2.40. The highest BCUT2D eigenvalue weighted by molar-refractivity contribution is 5.73. The molecule has 4 heteroatoms. The number of rotatable bonds is 6. The highest BCUT2D eigenvalue weighted by Gasteiger charge is 2.20. The minimum absolute atomic E-state index is 0.000377. The first-order valence-electron chi connectivity index (χ1n) is 5.69. The summed E-state index contributed by atoms with van der Waals surface area (Å²) in [6.07, 6.45) is 0. The van der Waals surface area contributed by atoms with Gasteiger partial charge >= 0.3 is 5.97 Å². The lowest BCUT2D eigenvalue weighted by molar-refractivity contribution is -0.140. The van der Waals surface area contributed by atoms with Crippen molar-refractivity contribution < 1.29 is 15.0 Å². The summed E-state index contributed by atoms with van der Waals surface area (Å²) in [5, 5.41) is 21.0. The predicted molar refractivity (Wildman–Crippen MR) is 65.5 cm³/mol. The monoisotopic (exact) mass is 237 g/mol. The molecule has 0 bridgehead atoms. The number of nitrogens with one attached hydrogen (secondary N) is 1. The minimum Gasteiger partial charge on any atom is -0.480 e. The summed E-state index contributed by atoms with van der Waals surface area (Å²) >= 11 is 0. The van der Waals surface area contributed by atoms with E-state index < -0.39 is 12.0 Å².